The third kappa shape index (κ3) is 5.08. The second kappa shape index (κ2) is 7.80. The average Bonchev–Trinajstić information content (AvgIpc) is 3.43. The fourth-order valence-corrected chi connectivity index (χ4v) is 3.67. The highest BCUT2D eigenvalue weighted by atomic mass is 35.5. The molecule has 0 heterocycles. The van der Waals surface area contributed by atoms with E-state index in [0.29, 0.717) is 27.9 Å². The topological polar surface area (TPSA) is 61.2 Å². The van der Waals surface area contributed by atoms with Crippen LogP contribution in [0.3, 0.4) is 0 Å². The van der Waals surface area contributed by atoms with E-state index >= 15 is 0 Å². The van der Waals surface area contributed by atoms with Crippen LogP contribution in [0.1, 0.15) is 28.8 Å². The summed E-state index contributed by atoms with van der Waals surface area (Å²) in [5.41, 5.74) is 1.64. The standard InChI is InChI=1S/C20H23ClN2O2S/c1-26(22,25)19-4-2-3-17(13-19)20(24)23(14-16-5-6-16)12-11-15-7-9-18(21)10-8-15/h2-4,7-10,13,16,22H,5-6,11-12,14H2,1H3. The number of nitrogens with zero attached hydrogens (tertiary/aromatic N) is 1. The summed E-state index contributed by atoms with van der Waals surface area (Å²) in [4.78, 5) is 15.3. The molecule has 1 aliphatic carbocycles. The van der Waals surface area contributed by atoms with Gasteiger partial charge in [0.25, 0.3) is 5.91 Å². The molecule has 1 saturated carbocycles. The zero-order chi connectivity index (χ0) is 18.7. The van der Waals surface area contributed by atoms with E-state index in [4.69, 9.17) is 16.4 Å². The number of halogens is 1. The maximum atomic E-state index is 13.0. The molecule has 3 rings (SSSR count). The molecule has 1 unspecified atom stereocenters. The van der Waals surface area contributed by atoms with Gasteiger partial charge in [-0.05, 0) is 61.1 Å². The Labute approximate surface area is 160 Å². The number of rotatable bonds is 7. The molecule has 0 saturated heterocycles. The number of benzene rings is 2. The molecule has 1 fully saturated rings. The van der Waals surface area contributed by atoms with Gasteiger partial charge in [0.1, 0.15) is 0 Å². The lowest BCUT2D eigenvalue weighted by Gasteiger charge is -2.23. The van der Waals surface area contributed by atoms with Crippen LogP contribution in [-0.2, 0) is 16.1 Å². The van der Waals surface area contributed by atoms with Crippen molar-refractivity contribution in [1.29, 1.82) is 4.78 Å². The summed E-state index contributed by atoms with van der Waals surface area (Å²) < 4.78 is 19.7. The third-order valence-corrected chi connectivity index (χ3v) is 5.98. The average molecular weight is 391 g/mol. The summed E-state index contributed by atoms with van der Waals surface area (Å²) in [5, 5.41) is 0.704. The van der Waals surface area contributed by atoms with E-state index in [0.717, 1.165) is 18.5 Å². The van der Waals surface area contributed by atoms with Crippen LogP contribution in [0.15, 0.2) is 53.4 Å². The zero-order valence-corrected chi connectivity index (χ0v) is 16.4. The Morgan fingerprint density at radius 2 is 1.92 bits per heavy atom. The van der Waals surface area contributed by atoms with Crippen LogP contribution in [0.4, 0.5) is 0 Å². The number of hydrogen-bond acceptors (Lipinski definition) is 3. The number of carbonyl (C=O) groups is 1. The second-order valence-corrected chi connectivity index (χ2v) is 9.54. The molecule has 6 heteroatoms. The van der Waals surface area contributed by atoms with E-state index in [1.54, 1.807) is 24.3 Å². The van der Waals surface area contributed by atoms with Crippen LogP contribution in [-0.4, -0.2) is 34.4 Å². The van der Waals surface area contributed by atoms with Crippen molar-refractivity contribution in [3.8, 4) is 0 Å². The predicted molar refractivity (Wildman–Crippen MR) is 105 cm³/mol. The fourth-order valence-electron chi connectivity index (χ4n) is 2.86. The van der Waals surface area contributed by atoms with E-state index in [-0.39, 0.29) is 5.91 Å². The van der Waals surface area contributed by atoms with Crippen molar-refractivity contribution in [1.82, 2.24) is 4.90 Å². The van der Waals surface area contributed by atoms with Gasteiger partial charge in [0, 0.05) is 34.8 Å². The quantitative estimate of drug-likeness (QED) is 0.758. The largest absolute Gasteiger partial charge is 0.338 e. The van der Waals surface area contributed by atoms with Gasteiger partial charge in [-0.25, -0.2) is 8.99 Å². The Kier molecular flexibility index (Phi) is 5.68. The van der Waals surface area contributed by atoms with Gasteiger partial charge in [-0.15, -0.1) is 0 Å². The first-order valence-corrected chi connectivity index (χ1v) is 11.0. The first-order chi connectivity index (χ1) is 12.3. The van der Waals surface area contributed by atoms with Crippen LogP contribution in [0.2, 0.25) is 5.02 Å². The van der Waals surface area contributed by atoms with E-state index in [1.165, 1.54) is 19.1 Å². The lowest BCUT2D eigenvalue weighted by Crippen LogP contribution is -2.34. The maximum absolute atomic E-state index is 13.0. The van der Waals surface area contributed by atoms with E-state index < -0.39 is 9.73 Å². The minimum Gasteiger partial charge on any atom is -0.338 e. The van der Waals surface area contributed by atoms with Crippen molar-refractivity contribution >= 4 is 27.2 Å². The molecule has 1 atom stereocenters. The molecule has 1 aliphatic rings. The molecule has 0 spiro atoms. The van der Waals surface area contributed by atoms with E-state index in [1.807, 2.05) is 29.2 Å². The second-order valence-electron chi connectivity index (χ2n) is 6.94. The van der Waals surface area contributed by atoms with Crippen molar-refractivity contribution < 1.29 is 9.00 Å². The van der Waals surface area contributed by atoms with Gasteiger partial charge in [0.2, 0.25) is 0 Å². The molecular formula is C20H23ClN2O2S. The van der Waals surface area contributed by atoms with Gasteiger partial charge < -0.3 is 4.90 Å². The third-order valence-electron chi connectivity index (χ3n) is 4.58. The first-order valence-electron chi connectivity index (χ1n) is 8.70. The molecule has 0 bridgehead atoms. The summed E-state index contributed by atoms with van der Waals surface area (Å²) >= 11 is 5.93. The summed E-state index contributed by atoms with van der Waals surface area (Å²) in [6.45, 7) is 1.38. The van der Waals surface area contributed by atoms with Crippen molar-refractivity contribution in [2.24, 2.45) is 5.92 Å². The van der Waals surface area contributed by atoms with Gasteiger partial charge in [-0.3, -0.25) is 4.79 Å². The Morgan fingerprint density at radius 1 is 1.23 bits per heavy atom. The molecule has 26 heavy (non-hydrogen) atoms. The highest BCUT2D eigenvalue weighted by Gasteiger charge is 2.27. The summed E-state index contributed by atoms with van der Waals surface area (Å²) in [6, 6.07) is 14.4. The monoisotopic (exact) mass is 390 g/mol. The lowest BCUT2D eigenvalue weighted by atomic mass is 10.1. The van der Waals surface area contributed by atoms with Gasteiger partial charge in [0.05, 0.1) is 9.73 Å². The predicted octanol–water partition coefficient (Wildman–Crippen LogP) is 4.47. The van der Waals surface area contributed by atoms with Crippen molar-refractivity contribution in [2.45, 2.75) is 24.2 Å². The van der Waals surface area contributed by atoms with Crippen LogP contribution < -0.4 is 0 Å². The van der Waals surface area contributed by atoms with Crippen molar-refractivity contribution in [2.75, 3.05) is 19.3 Å². The molecule has 0 aliphatic heterocycles. The molecular weight excluding hydrogens is 368 g/mol. The fraction of sp³-hybridized carbons (Fsp3) is 0.350. The Balaban J connectivity index is 1.76. The SMILES string of the molecule is CS(=N)(=O)c1cccc(C(=O)N(CCc2ccc(Cl)cc2)CC2CC2)c1. The first kappa shape index (κ1) is 18.9. The van der Waals surface area contributed by atoms with E-state index in [2.05, 4.69) is 0 Å². The van der Waals surface area contributed by atoms with Crippen LogP contribution in [0.25, 0.3) is 0 Å². The van der Waals surface area contributed by atoms with Crippen LogP contribution in [0, 0.1) is 10.7 Å². The summed E-state index contributed by atoms with van der Waals surface area (Å²) in [6.07, 6.45) is 4.47. The molecule has 138 valence electrons. The number of amides is 1. The Bertz CT molecular complexity index is 890. The summed E-state index contributed by atoms with van der Waals surface area (Å²) in [5.74, 6) is 0.523. The van der Waals surface area contributed by atoms with Gasteiger partial charge in [-0.1, -0.05) is 29.8 Å². The summed E-state index contributed by atoms with van der Waals surface area (Å²) in [7, 11) is -2.84. The lowest BCUT2D eigenvalue weighted by molar-refractivity contribution is 0.0749. The van der Waals surface area contributed by atoms with Crippen LogP contribution >= 0.6 is 11.6 Å². The minimum atomic E-state index is -2.84. The molecule has 1 N–H and O–H groups in total. The Morgan fingerprint density at radius 3 is 2.54 bits per heavy atom. The van der Waals surface area contributed by atoms with Gasteiger partial charge in [0.15, 0.2) is 0 Å². The van der Waals surface area contributed by atoms with Crippen molar-refractivity contribution in [3.63, 3.8) is 0 Å². The Hall–Kier alpha value is -1.85. The maximum Gasteiger partial charge on any atom is 0.253 e. The number of nitrogens with one attached hydrogen (secondary N) is 1. The molecule has 2 aromatic rings. The normalized spacial score (nSPS) is 16.1. The molecule has 0 aromatic heterocycles. The minimum absolute atomic E-state index is 0.0589. The molecule has 0 radical (unpaired) electrons. The van der Waals surface area contributed by atoms with Crippen molar-refractivity contribution in [3.05, 3.63) is 64.7 Å². The number of carbonyl (C=O) groups excluding carboxylic acids is 1. The molecule has 2 aromatic carbocycles. The highest BCUT2D eigenvalue weighted by molar-refractivity contribution is 7.91. The number of hydrogen-bond donors (Lipinski definition) is 1. The smallest absolute Gasteiger partial charge is 0.253 e. The van der Waals surface area contributed by atoms with Crippen LogP contribution in [0.5, 0.6) is 0 Å². The van der Waals surface area contributed by atoms with Gasteiger partial charge in [-0.2, -0.15) is 0 Å². The highest BCUT2D eigenvalue weighted by Crippen LogP contribution is 2.30. The zero-order valence-electron chi connectivity index (χ0n) is 14.8. The van der Waals surface area contributed by atoms with Gasteiger partial charge >= 0.3 is 0 Å². The van der Waals surface area contributed by atoms with E-state index in [9.17, 15) is 9.00 Å². The molecule has 1 amide bonds. The molecule has 4 nitrogen and oxygen atoms in total.